The molecule has 1 unspecified atom stereocenters. The lowest BCUT2D eigenvalue weighted by molar-refractivity contribution is 0.432. The van der Waals surface area contributed by atoms with Crippen LogP contribution in [0.4, 0.5) is 0 Å². The fraction of sp³-hybridized carbons (Fsp3) is 1.00. The second-order valence-electron chi connectivity index (χ2n) is 0.939. The highest BCUT2D eigenvalue weighted by Gasteiger charge is 2.07. The van der Waals surface area contributed by atoms with Gasteiger partial charge in [0.05, 0.1) is 0 Å². The lowest BCUT2D eigenvalue weighted by atomic mass is 11.9. The van der Waals surface area contributed by atoms with Crippen molar-refractivity contribution >= 4 is 33.1 Å². The highest BCUT2D eigenvalue weighted by atomic mass is 35.5. The molecular weight excluding hydrogens is 192 g/mol. The van der Waals surface area contributed by atoms with E-state index in [9.17, 15) is 17.2 Å². The summed E-state index contributed by atoms with van der Waals surface area (Å²) < 4.78 is 42.5. The molecule has 0 fully saturated rings. The van der Waals surface area contributed by atoms with E-state index < -0.39 is 26.7 Å². The maximum atomic E-state index is 10.1. The molecule has 56 valence electrons. The predicted molar refractivity (Wildman–Crippen MR) is 29.6 cm³/mol. The Bertz CT molecular complexity index is 193. The van der Waals surface area contributed by atoms with Gasteiger partial charge < -0.3 is 4.55 Å². The van der Waals surface area contributed by atoms with Crippen molar-refractivity contribution in [3.8, 4) is 0 Å². The Balaban J connectivity index is 4.06. The van der Waals surface area contributed by atoms with Crippen molar-refractivity contribution in [3.63, 3.8) is 0 Å². The van der Waals surface area contributed by atoms with Gasteiger partial charge >= 0.3 is 0 Å². The van der Waals surface area contributed by atoms with E-state index in [1.54, 1.807) is 0 Å². The van der Waals surface area contributed by atoms with Crippen LogP contribution in [-0.4, -0.2) is 22.4 Å². The van der Waals surface area contributed by atoms with Crippen LogP contribution in [0, 0.1) is 0 Å². The van der Waals surface area contributed by atoms with Crippen molar-refractivity contribution in [3.05, 3.63) is 0 Å². The van der Waals surface area contributed by atoms with Crippen LogP contribution in [0.2, 0.25) is 0 Å². The average molecular weight is 194 g/mol. The first-order chi connectivity index (χ1) is 3.98. The number of halogens is 1. The molecule has 0 saturated heterocycles. The second kappa shape index (κ2) is 3.47. The molecule has 0 amide bonds. The third-order valence-corrected chi connectivity index (χ3v) is 2.64. The smallest absolute Gasteiger partial charge is 0.293 e. The minimum atomic E-state index is -4.07. The first kappa shape index (κ1) is 9.31. The SMILES string of the molecule is O=S([O-])OS(=O)(=O)CCl. The predicted octanol–water partition coefficient (Wildman–Crippen LogP) is -0.677. The Kier molecular flexibility index (Phi) is 3.59. The van der Waals surface area contributed by atoms with Gasteiger partial charge in [-0.3, -0.25) is 0 Å². The van der Waals surface area contributed by atoms with Gasteiger partial charge in [0.15, 0.2) is 5.21 Å². The standard InChI is InChI=1S/CH3ClO5S2/c2-1-9(5,6)7-8(3)4/h1H2,(H,3,4)/p-1. The van der Waals surface area contributed by atoms with Crippen molar-refractivity contribution in [2.24, 2.45) is 0 Å². The monoisotopic (exact) mass is 193 g/mol. The van der Waals surface area contributed by atoms with Crippen LogP contribution in [0.1, 0.15) is 0 Å². The van der Waals surface area contributed by atoms with E-state index in [-0.39, 0.29) is 0 Å². The van der Waals surface area contributed by atoms with E-state index in [0.29, 0.717) is 0 Å². The van der Waals surface area contributed by atoms with Crippen LogP contribution < -0.4 is 0 Å². The lowest BCUT2D eigenvalue weighted by Gasteiger charge is -2.01. The van der Waals surface area contributed by atoms with Crippen LogP contribution in [0.15, 0.2) is 0 Å². The summed E-state index contributed by atoms with van der Waals surface area (Å²) in [6, 6.07) is 0. The summed E-state index contributed by atoms with van der Waals surface area (Å²) in [6.07, 6.45) is 0. The normalized spacial score (nSPS) is 15.3. The van der Waals surface area contributed by atoms with Crippen LogP contribution >= 0.6 is 11.6 Å². The zero-order chi connectivity index (χ0) is 7.49. The minimum absolute atomic E-state index is 0.874. The molecule has 9 heavy (non-hydrogen) atoms. The molecule has 0 aliphatic carbocycles. The summed E-state index contributed by atoms with van der Waals surface area (Å²) in [5.74, 6) is 0. The summed E-state index contributed by atoms with van der Waals surface area (Å²) in [4.78, 5) is 0. The summed E-state index contributed by atoms with van der Waals surface area (Å²) in [7, 11) is -4.07. The molecule has 0 heterocycles. The summed E-state index contributed by atoms with van der Waals surface area (Å²) >= 11 is 1.69. The maximum Gasteiger partial charge on any atom is 0.293 e. The molecule has 0 aromatic carbocycles. The fourth-order valence-corrected chi connectivity index (χ4v) is 1.25. The second-order valence-corrected chi connectivity index (χ2v) is 3.88. The molecule has 0 aromatic rings. The lowest BCUT2D eigenvalue weighted by Crippen LogP contribution is -2.08. The topological polar surface area (TPSA) is 83.5 Å². The van der Waals surface area contributed by atoms with Gasteiger partial charge in [-0.1, -0.05) is 0 Å². The van der Waals surface area contributed by atoms with Crippen molar-refractivity contribution in [2.75, 3.05) is 5.21 Å². The van der Waals surface area contributed by atoms with Gasteiger partial charge in [0, 0.05) is 0 Å². The van der Waals surface area contributed by atoms with Gasteiger partial charge in [-0.05, 0) is 0 Å². The first-order valence-electron chi connectivity index (χ1n) is 1.56. The summed E-state index contributed by atoms with van der Waals surface area (Å²) in [5.41, 5.74) is 0. The van der Waals surface area contributed by atoms with Gasteiger partial charge in [0.1, 0.15) is 11.4 Å². The quantitative estimate of drug-likeness (QED) is 0.438. The highest BCUT2D eigenvalue weighted by molar-refractivity contribution is 7.95. The molecule has 0 spiro atoms. The van der Waals surface area contributed by atoms with Gasteiger partial charge in [-0.15, -0.1) is 11.6 Å². The van der Waals surface area contributed by atoms with E-state index in [2.05, 4.69) is 3.63 Å². The zero-order valence-corrected chi connectivity index (χ0v) is 6.33. The molecule has 0 rings (SSSR count). The number of alkyl halides is 1. The van der Waals surface area contributed by atoms with Gasteiger partial charge in [-0.25, -0.2) is 4.21 Å². The van der Waals surface area contributed by atoms with Gasteiger partial charge in [0.25, 0.3) is 10.1 Å². The van der Waals surface area contributed by atoms with Gasteiger partial charge in [-0.2, -0.15) is 12.0 Å². The Morgan fingerprint density at radius 1 is 1.67 bits per heavy atom. The molecule has 0 radical (unpaired) electrons. The average Bonchev–Trinajstić information content (AvgIpc) is 1.63. The molecule has 5 nitrogen and oxygen atoms in total. The Labute approximate surface area is 59.6 Å². The van der Waals surface area contributed by atoms with Crippen molar-refractivity contribution < 1.29 is 20.8 Å². The third-order valence-electron chi connectivity index (χ3n) is 0.293. The van der Waals surface area contributed by atoms with E-state index in [1.807, 2.05) is 0 Å². The van der Waals surface area contributed by atoms with Crippen molar-refractivity contribution in [1.82, 2.24) is 0 Å². The molecule has 0 aliphatic heterocycles. The zero-order valence-electron chi connectivity index (χ0n) is 3.94. The molecule has 0 aromatic heterocycles. The van der Waals surface area contributed by atoms with E-state index in [1.165, 1.54) is 0 Å². The van der Waals surface area contributed by atoms with Crippen LogP contribution in [-0.2, 0) is 25.1 Å². The fourth-order valence-electron chi connectivity index (χ4n) is 0.103. The maximum absolute atomic E-state index is 10.1. The van der Waals surface area contributed by atoms with Crippen LogP contribution in [0.5, 0.6) is 0 Å². The molecule has 1 atom stereocenters. The number of rotatable bonds is 3. The summed E-state index contributed by atoms with van der Waals surface area (Å²) in [5, 5.41) is -0.874. The Morgan fingerprint density at radius 3 is 2.22 bits per heavy atom. The molecule has 0 saturated carbocycles. The molecular formula is CH2ClO5S2-. The van der Waals surface area contributed by atoms with Gasteiger partial charge in [0.2, 0.25) is 0 Å². The largest absolute Gasteiger partial charge is 0.749 e. The number of hydrogen-bond donors (Lipinski definition) is 0. The Hall–Kier alpha value is 0.310. The third kappa shape index (κ3) is 4.79. The van der Waals surface area contributed by atoms with Crippen molar-refractivity contribution in [1.29, 1.82) is 0 Å². The van der Waals surface area contributed by atoms with E-state index >= 15 is 0 Å². The molecule has 8 heteroatoms. The molecule has 0 bridgehead atoms. The summed E-state index contributed by atoms with van der Waals surface area (Å²) in [6.45, 7) is 0. The van der Waals surface area contributed by atoms with Crippen molar-refractivity contribution in [2.45, 2.75) is 0 Å². The van der Waals surface area contributed by atoms with E-state index in [4.69, 9.17) is 11.6 Å². The van der Waals surface area contributed by atoms with Crippen LogP contribution in [0.25, 0.3) is 0 Å². The Morgan fingerprint density at radius 2 is 2.11 bits per heavy atom. The molecule has 0 N–H and O–H groups in total. The number of hydrogen-bond acceptors (Lipinski definition) is 5. The highest BCUT2D eigenvalue weighted by Crippen LogP contribution is 1.96. The minimum Gasteiger partial charge on any atom is -0.749 e. The van der Waals surface area contributed by atoms with E-state index in [0.717, 1.165) is 0 Å². The molecule has 0 aliphatic rings. The first-order valence-corrected chi connectivity index (χ1v) is 4.67. The van der Waals surface area contributed by atoms with Crippen LogP contribution in [0.3, 0.4) is 0 Å².